The molecule has 0 heterocycles. The third kappa shape index (κ3) is 3.08. The molecule has 3 saturated carbocycles. The van der Waals surface area contributed by atoms with Crippen molar-refractivity contribution in [3.8, 4) is 0 Å². The van der Waals surface area contributed by atoms with Gasteiger partial charge >= 0.3 is 23.9 Å². The highest BCUT2D eigenvalue weighted by Crippen LogP contribution is 2.54. The normalized spacial score (nSPS) is 41.1. The summed E-state index contributed by atoms with van der Waals surface area (Å²) in [5.41, 5.74) is 0. The molecule has 0 unspecified atom stereocenters. The van der Waals surface area contributed by atoms with E-state index in [0.717, 1.165) is 0 Å². The summed E-state index contributed by atoms with van der Waals surface area (Å²) >= 11 is 0. The van der Waals surface area contributed by atoms with Gasteiger partial charge < -0.3 is 20.4 Å². The number of Topliss-reactive ketones (excluding diaryl/α,β-unsaturated/α-hetero) is 1. The lowest BCUT2D eigenvalue weighted by Crippen LogP contribution is -2.46. The van der Waals surface area contributed by atoms with Gasteiger partial charge in [-0.05, 0) is 43.9 Å². The third-order valence-corrected chi connectivity index (χ3v) is 6.88. The van der Waals surface area contributed by atoms with E-state index in [9.17, 15) is 44.4 Å². The molecule has 0 saturated heterocycles. The zero-order valence-electron chi connectivity index (χ0n) is 14.5. The van der Waals surface area contributed by atoms with E-state index in [2.05, 4.69) is 0 Å². The average Bonchev–Trinajstić information content (AvgIpc) is 2.91. The Hall–Kier alpha value is -2.45. The van der Waals surface area contributed by atoms with Gasteiger partial charge in [0.1, 0.15) is 5.78 Å². The molecule has 3 aliphatic rings. The predicted octanol–water partition coefficient (Wildman–Crippen LogP) is 0.815. The first-order chi connectivity index (χ1) is 12.6. The van der Waals surface area contributed by atoms with Crippen molar-refractivity contribution in [2.24, 2.45) is 47.3 Å². The van der Waals surface area contributed by atoms with E-state index in [1.165, 1.54) is 0 Å². The van der Waals surface area contributed by atoms with E-state index in [-0.39, 0.29) is 32.1 Å². The van der Waals surface area contributed by atoms with Crippen molar-refractivity contribution in [3.05, 3.63) is 0 Å². The molecule has 27 heavy (non-hydrogen) atoms. The number of rotatable bonds is 4. The first-order valence-electron chi connectivity index (χ1n) is 9.10. The number of hydrogen-bond donors (Lipinski definition) is 4. The predicted molar refractivity (Wildman–Crippen MR) is 86.6 cm³/mol. The fourth-order valence-corrected chi connectivity index (χ4v) is 5.75. The number of carboxylic acids is 4. The fraction of sp³-hybridized carbons (Fsp3) is 0.722. The Morgan fingerprint density at radius 2 is 1.00 bits per heavy atom. The van der Waals surface area contributed by atoms with Crippen LogP contribution in [0.2, 0.25) is 0 Å². The topological polar surface area (TPSA) is 166 Å². The third-order valence-electron chi connectivity index (χ3n) is 6.88. The Kier molecular flexibility index (Phi) is 4.96. The molecule has 0 aliphatic heterocycles. The van der Waals surface area contributed by atoms with Gasteiger partial charge in [-0.3, -0.25) is 24.0 Å². The minimum Gasteiger partial charge on any atom is -0.481 e. The van der Waals surface area contributed by atoms with Crippen LogP contribution in [0.3, 0.4) is 0 Å². The lowest BCUT2D eigenvalue weighted by Gasteiger charge is -2.39. The number of carbonyl (C=O) groups is 5. The zero-order valence-corrected chi connectivity index (χ0v) is 14.5. The fourth-order valence-electron chi connectivity index (χ4n) is 5.75. The van der Waals surface area contributed by atoms with Crippen LogP contribution in [0.5, 0.6) is 0 Å². The zero-order chi connectivity index (χ0) is 20.0. The van der Waals surface area contributed by atoms with Crippen LogP contribution in [0.1, 0.15) is 32.1 Å². The molecule has 9 heteroatoms. The summed E-state index contributed by atoms with van der Waals surface area (Å²) in [6, 6.07) is 0. The van der Waals surface area contributed by atoms with Crippen molar-refractivity contribution >= 4 is 29.7 Å². The van der Waals surface area contributed by atoms with Gasteiger partial charge in [-0.2, -0.15) is 0 Å². The van der Waals surface area contributed by atoms with E-state index in [1.807, 2.05) is 0 Å². The van der Waals surface area contributed by atoms with Crippen LogP contribution in [0.15, 0.2) is 0 Å². The van der Waals surface area contributed by atoms with Crippen LogP contribution >= 0.6 is 0 Å². The Morgan fingerprint density at radius 1 is 0.593 bits per heavy atom. The smallest absolute Gasteiger partial charge is 0.307 e. The summed E-state index contributed by atoms with van der Waals surface area (Å²) in [6.07, 6.45) is 0.448. The molecule has 9 nitrogen and oxygen atoms in total. The molecule has 0 radical (unpaired) electrons. The molecule has 0 spiro atoms. The molecule has 148 valence electrons. The quantitative estimate of drug-likeness (QED) is 0.550. The molecule has 0 aromatic rings. The van der Waals surface area contributed by atoms with Crippen molar-refractivity contribution in [2.45, 2.75) is 32.1 Å². The summed E-state index contributed by atoms with van der Waals surface area (Å²) in [6.45, 7) is 0. The van der Waals surface area contributed by atoms with Gasteiger partial charge in [-0.15, -0.1) is 0 Å². The van der Waals surface area contributed by atoms with Crippen LogP contribution in [0.25, 0.3) is 0 Å². The van der Waals surface area contributed by atoms with Crippen molar-refractivity contribution in [1.29, 1.82) is 0 Å². The van der Waals surface area contributed by atoms with E-state index in [0.29, 0.717) is 0 Å². The SMILES string of the molecule is O=C1[C@@H]2[C@H](CC[C@H]3[C@@H]1[C@@H](C(=O)O)C[C@H]3C(=O)O)[C@H](C(=O)O)CC[C@@H]2C(=O)O. The van der Waals surface area contributed by atoms with Crippen molar-refractivity contribution < 1.29 is 44.4 Å². The molecule has 4 N–H and O–H groups in total. The van der Waals surface area contributed by atoms with Gasteiger partial charge in [-0.1, -0.05) is 0 Å². The van der Waals surface area contributed by atoms with Crippen LogP contribution in [0, 0.1) is 47.3 Å². The van der Waals surface area contributed by atoms with E-state index in [1.54, 1.807) is 0 Å². The molecule has 0 aromatic carbocycles. The second-order valence-electron chi connectivity index (χ2n) is 7.95. The number of aliphatic carboxylic acids is 4. The maximum atomic E-state index is 13.3. The highest BCUT2D eigenvalue weighted by molar-refractivity contribution is 5.94. The molecule has 0 bridgehead atoms. The van der Waals surface area contributed by atoms with Gasteiger partial charge in [0.25, 0.3) is 0 Å². The average molecular weight is 382 g/mol. The highest BCUT2D eigenvalue weighted by Gasteiger charge is 2.59. The molecule has 0 aromatic heterocycles. The Balaban J connectivity index is 2.05. The maximum Gasteiger partial charge on any atom is 0.307 e. The summed E-state index contributed by atoms with van der Waals surface area (Å²) in [5, 5.41) is 38.1. The van der Waals surface area contributed by atoms with Crippen molar-refractivity contribution in [3.63, 3.8) is 0 Å². The van der Waals surface area contributed by atoms with Gasteiger partial charge in [0.2, 0.25) is 0 Å². The first kappa shape index (κ1) is 19.3. The largest absolute Gasteiger partial charge is 0.481 e. The van der Waals surface area contributed by atoms with Gasteiger partial charge in [-0.25, -0.2) is 0 Å². The molecule has 3 aliphatic carbocycles. The van der Waals surface area contributed by atoms with Crippen molar-refractivity contribution in [2.75, 3.05) is 0 Å². The number of fused-ring (bicyclic) bond motifs is 2. The number of ketones is 1. The van der Waals surface area contributed by atoms with Crippen molar-refractivity contribution in [1.82, 2.24) is 0 Å². The molecule has 3 fully saturated rings. The number of carboxylic acid groups (broad SMARTS) is 4. The minimum atomic E-state index is -1.27. The van der Waals surface area contributed by atoms with Crippen LogP contribution in [0.4, 0.5) is 0 Å². The number of carbonyl (C=O) groups excluding carboxylic acids is 1. The second-order valence-corrected chi connectivity index (χ2v) is 7.95. The standard InChI is InChI=1S/C18H22O9/c19-14-12-6(8(15(20)21)3-4-9(12)16(22)23)1-2-7-10(17(24)25)5-11(13(7)14)18(26)27/h6-13H,1-5H2,(H,20,21)(H,22,23)(H,24,25)(H,26,27)/t6-,7-,8-,9+,10-,11+,12-,13-/m1/s1. The first-order valence-corrected chi connectivity index (χ1v) is 9.10. The van der Waals surface area contributed by atoms with Crippen LogP contribution < -0.4 is 0 Å². The highest BCUT2D eigenvalue weighted by atomic mass is 16.4. The maximum absolute atomic E-state index is 13.3. The Labute approximate surface area is 154 Å². The molecular weight excluding hydrogens is 360 g/mol. The monoisotopic (exact) mass is 382 g/mol. The minimum absolute atomic E-state index is 0.0384. The van der Waals surface area contributed by atoms with E-state index >= 15 is 0 Å². The number of hydrogen-bond acceptors (Lipinski definition) is 5. The van der Waals surface area contributed by atoms with E-state index in [4.69, 9.17) is 0 Å². The summed E-state index contributed by atoms with van der Waals surface area (Å²) in [4.78, 5) is 60.0. The lowest BCUT2D eigenvalue weighted by atomic mass is 9.63. The molecule has 3 rings (SSSR count). The molecule has 8 atom stereocenters. The van der Waals surface area contributed by atoms with E-state index < -0.39 is 77.0 Å². The Bertz CT molecular complexity index is 699. The summed E-state index contributed by atoms with van der Waals surface area (Å²) in [5.74, 6) is -13.0. The van der Waals surface area contributed by atoms with Crippen LogP contribution in [-0.4, -0.2) is 50.1 Å². The van der Waals surface area contributed by atoms with Gasteiger partial charge in [0, 0.05) is 11.8 Å². The molecule has 0 amide bonds. The molecular formula is C18H22O9. The van der Waals surface area contributed by atoms with Crippen LogP contribution in [-0.2, 0) is 24.0 Å². The summed E-state index contributed by atoms with van der Waals surface area (Å²) in [7, 11) is 0. The Morgan fingerprint density at radius 3 is 1.48 bits per heavy atom. The summed E-state index contributed by atoms with van der Waals surface area (Å²) < 4.78 is 0. The lowest BCUT2D eigenvalue weighted by molar-refractivity contribution is -0.159. The van der Waals surface area contributed by atoms with Gasteiger partial charge in [0.15, 0.2) is 0 Å². The van der Waals surface area contributed by atoms with Gasteiger partial charge in [0.05, 0.1) is 23.7 Å². The second kappa shape index (κ2) is 6.94.